The van der Waals surface area contributed by atoms with Crippen LogP contribution in [0.5, 0.6) is 5.75 Å². The van der Waals surface area contributed by atoms with Gasteiger partial charge in [0.25, 0.3) is 5.91 Å². The van der Waals surface area contributed by atoms with Gasteiger partial charge in [0, 0.05) is 42.5 Å². The van der Waals surface area contributed by atoms with Gasteiger partial charge in [0.1, 0.15) is 72.9 Å². The van der Waals surface area contributed by atoms with Gasteiger partial charge < -0.3 is 73.2 Å². The van der Waals surface area contributed by atoms with Crippen molar-refractivity contribution in [3.8, 4) is 5.75 Å². The van der Waals surface area contributed by atoms with E-state index in [1.807, 2.05) is 18.2 Å². The lowest BCUT2D eigenvalue weighted by atomic mass is 9.96. The molecule has 5 rings (SSSR count). The molecule has 0 unspecified atom stereocenters. The van der Waals surface area contributed by atoms with Gasteiger partial charge in [0.15, 0.2) is 0 Å². The number of hydrogen-bond donors (Lipinski definition) is 10. The third-order valence-corrected chi connectivity index (χ3v) is 18.2. The number of amides is 11. The predicted molar refractivity (Wildman–Crippen MR) is 330 cm³/mol. The molecule has 0 aliphatic carbocycles. The number of nitrogens with two attached hydrogens (primary N) is 2. The smallest absolute Gasteiger partial charge is 0.344 e. The maximum absolute atomic E-state index is 15.0. The molecule has 29 nitrogen and oxygen atoms in total. The largest absolute Gasteiger partial charge is 0.494 e. The number of fused-ring (bicyclic) bond motifs is 7. The van der Waals surface area contributed by atoms with Crippen molar-refractivity contribution in [2.45, 2.75) is 176 Å². The maximum Gasteiger partial charge on any atom is 0.344 e. The minimum Gasteiger partial charge on any atom is -0.494 e. The molecule has 4 aliphatic heterocycles. The van der Waals surface area contributed by atoms with E-state index in [0.29, 0.717) is 50.2 Å². The third-order valence-electron chi connectivity index (χ3n) is 15.3. The van der Waals surface area contributed by atoms with E-state index < -0.39 is 144 Å². The van der Waals surface area contributed by atoms with E-state index in [0.717, 1.165) is 37.3 Å². The molecule has 0 saturated carbocycles. The molecule has 0 aromatic heterocycles. The lowest BCUT2D eigenvalue weighted by Gasteiger charge is -2.33. The van der Waals surface area contributed by atoms with Gasteiger partial charge in [-0.25, -0.2) is 4.79 Å². The highest BCUT2D eigenvalue weighted by Gasteiger charge is 2.44. The lowest BCUT2D eigenvalue weighted by molar-refractivity contribution is -0.255. The Kier molecular flexibility index (Phi) is 30.5. The number of primary amides is 2. The zero-order chi connectivity index (χ0) is 65.2. The summed E-state index contributed by atoms with van der Waals surface area (Å²) < 4.78 is 6.25. The van der Waals surface area contributed by atoms with Crippen LogP contribution in [0.2, 0.25) is 0 Å². The fourth-order valence-electron chi connectivity index (χ4n) is 10.3. The number of hydrogen-bond acceptors (Lipinski definition) is 21. The second-order valence-corrected chi connectivity index (χ2v) is 25.2. The molecular formula is C57H86N12O17S3. The van der Waals surface area contributed by atoms with Crippen LogP contribution >= 0.6 is 35.3 Å². The highest BCUT2D eigenvalue weighted by Crippen LogP contribution is 2.28. The standard InChI is InChI=1S/C57H86N12O17S3/c1-6-32(2)47-57(82)69-19-12-14-43(69)54(79)67-48(33(3)70)55(80)64-40(49(59)74)30-88-28-34-23-35-25-36(24-34)84-20-9-7-8-10-21-85-60-27-45(72)61-37(15-16-44(58)71)50(75)65-41(31-89-29-35)56(81)68-18-11-13-42(68)53(78)62-38(17-22-87-5)51(76)63-39(52(77)66-47)26-46(73)86-83-4/h23-25,27,32-33,37-43,47-48,70H,6-22,26,28-31H2,1-5H3,(H2,58,71)(H2,59,74)(H,61,72)(H,62,78)(H,63,76)(H,64,80)(H,65,75)(H,66,77)(H,67,79)/b60-27+/t32-,33+,37-,38-,39-,40-,41-,42-,43-,47-,48-/m0/s1. The fourth-order valence-corrected chi connectivity index (χ4v) is 12.8. The number of aliphatic hydroxyl groups excluding tert-OH is 1. The van der Waals surface area contributed by atoms with Crippen molar-refractivity contribution in [3.05, 3.63) is 29.3 Å². The summed E-state index contributed by atoms with van der Waals surface area (Å²) in [7, 11) is 1.05. The van der Waals surface area contributed by atoms with E-state index in [1.165, 1.54) is 52.0 Å². The van der Waals surface area contributed by atoms with Gasteiger partial charge in [-0.2, -0.15) is 40.2 Å². The van der Waals surface area contributed by atoms with Crippen molar-refractivity contribution in [2.24, 2.45) is 22.5 Å². The second-order valence-electron chi connectivity index (χ2n) is 22.1. The molecule has 494 valence electrons. The van der Waals surface area contributed by atoms with Crippen LogP contribution < -0.4 is 53.4 Å². The highest BCUT2D eigenvalue weighted by molar-refractivity contribution is 7.99. The van der Waals surface area contributed by atoms with Crippen LogP contribution in [-0.2, 0) is 83.7 Å². The number of thioether (sulfide) groups is 3. The zero-order valence-electron chi connectivity index (χ0n) is 50.9. The van der Waals surface area contributed by atoms with E-state index in [9.17, 15) is 57.8 Å². The molecule has 4 bridgehead atoms. The molecule has 0 spiro atoms. The summed E-state index contributed by atoms with van der Waals surface area (Å²) in [4.78, 5) is 184. The van der Waals surface area contributed by atoms with Gasteiger partial charge in [-0.1, -0.05) is 31.5 Å². The Balaban J connectivity index is 1.59. The molecule has 4 heterocycles. The van der Waals surface area contributed by atoms with E-state index in [1.54, 1.807) is 20.1 Å². The number of oxime groups is 1. The van der Waals surface area contributed by atoms with Crippen LogP contribution in [0.15, 0.2) is 23.4 Å². The van der Waals surface area contributed by atoms with E-state index in [2.05, 4.69) is 52.1 Å². The number of benzene rings is 1. The molecule has 11 amide bonds. The molecule has 1 aromatic rings. The predicted octanol–water partition coefficient (Wildman–Crippen LogP) is -1.08. The number of ether oxygens (including phenoxy) is 1. The number of carbonyl (C=O) groups excluding carboxylic acids is 12. The van der Waals surface area contributed by atoms with Crippen LogP contribution in [0.4, 0.5) is 0 Å². The Labute approximate surface area is 529 Å². The highest BCUT2D eigenvalue weighted by atomic mass is 32.2. The van der Waals surface area contributed by atoms with Crippen LogP contribution in [-0.4, -0.2) is 209 Å². The quantitative estimate of drug-likeness (QED) is 0.0830. The van der Waals surface area contributed by atoms with Crippen LogP contribution in [0.25, 0.3) is 0 Å². The Morgan fingerprint density at radius 2 is 1.29 bits per heavy atom. The van der Waals surface area contributed by atoms with Crippen molar-refractivity contribution in [1.29, 1.82) is 0 Å². The van der Waals surface area contributed by atoms with Crippen LogP contribution in [0.3, 0.4) is 0 Å². The molecule has 11 atom stereocenters. The first-order valence-corrected chi connectivity index (χ1v) is 33.5. The van der Waals surface area contributed by atoms with Crippen molar-refractivity contribution < 1.29 is 82.0 Å². The Bertz CT molecular complexity index is 2690. The lowest BCUT2D eigenvalue weighted by Crippen LogP contribution is -2.62. The number of nitrogens with zero attached hydrogens (tertiary/aromatic N) is 3. The van der Waals surface area contributed by atoms with Gasteiger partial charge in [-0.15, -0.1) is 0 Å². The summed E-state index contributed by atoms with van der Waals surface area (Å²) in [5, 5.41) is 33.0. The Hall–Kier alpha value is -6.90. The summed E-state index contributed by atoms with van der Waals surface area (Å²) in [6.07, 6.45) is 3.64. The van der Waals surface area contributed by atoms with E-state index in [4.69, 9.17) is 21.0 Å². The van der Waals surface area contributed by atoms with Crippen molar-refractivity contribution in [2.75, 3.05) is 56.9 Å². The first kappa shape index (κ1) is 72.8. The molecule has 89 heavy (non-hydrogen) atoms. The topological polar surface area (TPSA) is 417 Å². The monoisotopic (exact) mass is 1310 g/mol. The first-order chi connectivity index (χ1) is 42.5. The summed E-state index contributed by atoms with van der Waals surface area (Å²) in [5.74, 6) is -9.84. The maximum atomic E-state index is 15.0. The van der Waals surface area contributed by atoms with Crippen LogP contribution in [0, 0.1) is 5.92 Å². The number of rotatable bonds is 13. The zero-order valence-corrected chi connectivity index (χ0v) is 53.4. The summed E-state index contributed by atoms with van der Waals surface area (Å²) >= 11 is 3.81. The van der Waals surface area contributed by atoms with Crippen molar-refractivity contribution in [1.82, 2.24) is 47.0 Å². The Morgan fingerprint density at radius 1 is 0.708 bits per heavy atom. The number of nitrogens with one attached hydrogen (secondary N) is 7. The molecule has 32 heteroatoms. The van der Waals surface area contributed by atoms with E-state index >= 15 is 4.79 Å². The van der Waals surface area contributed by atoms with Crippen molar-refractivity contribution in [3.63, 3.8) is 0 Å². The van der Waals surface area contributed by atoms with Gasteiger partial charge in [-0.05, 0) is 112 Å². The van der Waals surface area contributed by atoms with Crippen molar-refractivity contribution >= 4 is 112 Å². The molecule has 1 aromatic carbocycles. The summed E-state index contributed by atoms with van der Waals surface area (Å²) in [6, 6.07) is -7.09. The average Bonchev–Trinajstić information content (AvgIpc) is 3.64. The molecule has 12 N–H and O–H groups in total. The average molecular weight is 1310 g/mol. The Morgan fingerprint density at radius 3 is 1.91 bits per heavy atom. The minimum atomic E-state index is -1.75. The molecule has 2 fully saturated rings. The second kappa shape index (κ2) is 37.3. The van der Waals surface area contributed by atoms with Gasteiger partial charge in [0.2, 0.25) is 59.1 Å². The number of carbonyl (C=O) groups is 12. The number of aliphatic hydroxyl groups is 1. The van der Waals surface area contributed by atoms with Crippen LogP contribution in [0.1, 0.15) is 115 Å². The normalized spacial score (nSPS) is 26.9. The van der Waals surface area contributed by atoms with Gasteiger partial charge in [0.05, 0.1) is 26.2 Å². The molecule has 4 aliphatic rings. The molecule has 0 radical (unpaired) electrons. The molecular weight excluding hydrogens is 1220 g/mol. The molecule has 2 saturated heterocycles. The fraction of sp³-hybridized carbons (Fsp3) is 0.667. The van der Waals surface area contributed by atoms with E-state index in [-0.39, 0.29) is 74.8 Å². The minimum absolute atomic E-state index is 0.0107. The van der Waals surface area contributed by atoms with Gasteiger partial charge >= 0.3 is 5.97 Å². The first-order valence-electron chi connectivity index (χ1n) is 29.8. The SMILES string of the molecule is CC[C@H](C)[C@@H]1NC(=O)[C@H](CC(=O)OOC)NC(=O)[C@H](CCSC)NC(=O)[C@@H]2CCCN2C(=O)[C@@H]2CSCc3cc(cc(c3)OCCCCCCO/N=C/C(=O)N[C@@H](CCC(N)=O)C(=O)N2)CSC[C@@H](C(N)=O)NC(=O)[C@H]([C@@H](C)O)NC(=O)[C@@H]2CCCN2C1=O. The summed E-state index contributed by atoms with van der Waals surface area (Å²) in [6.45, 7) is 5.27. The van der Waals surface area contributed by atoms with Gasteiger partial charge in [-0.3, -0.25) is 57.6 Å². The summed E-state index contributed by atoms with van der Waals surface area (Å²) in [5.41, 5.74) is 12.7. The third kappa shape index (κ3) is 23.1.